The van der Waals surface area contributed by atoms with E-state index in [9.17, 15) is 0 Å². The van der Waals surface area contributed by atoms with Crippen LogP contribution in [-0.2, 0) is 0 Å². The summed E-state index contributed by atoms with van der Waals surface area (Å²) in [5.74, 6) is 2.21. The van der Waals surface area contributed by atoms with Crippen LogP contribution in [0, 0.1) is 0 Å². The fourth-order valence-electron chi connectivity index (χ4n) is 2.54. The maximum absolute atomic E-state index is 3.88. The van der Waals surface area contributed by atoms with E-state index in [4.69, 9.17) is 0 Å². The lowest BCUT2D eigenvalue weighted by Crippen LogP contribution is -2.26. The molecule has 3 N–H and O–H groups in total. The average Bonchev–Trinajstić information content (AvgIpc) is 2.83. The number of rotatable bonds is 4. The maximum atomic E-state index is 3.88. The Morgan fingerprint density at radius 3 is 2.76 bits per heavy atom. The Kier molecular flexibility index (Phi) is 3.89. The Hall–Kier alpha value is -1.22. The fourth-order valence-corrected chi connectivity index (χ4v) is 2.54. The molecule has 2 rings (SSSR count). The number of allylic oxidation sites excluding steroid dienone is 1. The van der Waals surface area contributed by atoms with Crippen molar-refractivity contribution in [2.24, 2.45) is 0 Å². The molecule has 0 saturated carbocycles. The normalized spacial score (nSPS) is 18.9. The van der Waals surface area contributed by atoms with Crippen molar-refractivity contribution in [3.63, 3.8) is 0 Å². The van der Waals surface area contributed by atoms with Crippen molar-refractivity contribution >= 4 is 5.82 Å². The van der Waals surface area contributed by atoms with Crippen molar-refractivity contribution in [1.29, 1.82) is 0 Å². The van der Waals surface area contributed by atoms with Crippen molar-refractivity contribution in [3.05, 3.63) is 30.0 Å². The second-order valence-electron chi connectivity index (χ2n) is 4.85. The molecule has 0 spiro atoms. The van der Waals surface area contributed by atoms with E-state index in [2.05, 4.69) is 35.2 Å². The van der Waals surface area contributed by atoms with Gasteiger partial charge in [-0.3, -0.25) is 0 Å². The van der Waals surface area contributed by atoms with Crippen molar-refractivity contribution in [3.8, 4) is 0 Å². The van der Waals surface area contributed by atoms with Gasteiger partial charge in [0.15, 0.2) is 0 Å². The molecule has 0 bridgehead atoms. The molecule has 3 nitrogen and oxygen atoms in total. The zero-order valence-corrected chi connectivity index (χ0v) is 10.8. The first-order chi connectivity index (χ1) is 8.26. The van der Waals surface area contributed by atoms with Crippen LogP contribution in [0.1, 0.15) is 42.9 Å². The highest BCUT2D eigenvalue weighted by Crippen LogP contribution is 2.32. The summed E-state index contributed by atoms with van der Waals surface area (Å²) in [4.78, 5) is 3.53. The summed E-state index contributed by atoms with van der Waals surface area (Å²) in [5.41, 5.74) is 2.70. The molecule has 1 aliphatic heterocycles. The van der Waals surface area contributed by atoms with Gasteiger partial charge in [0.25, 0.3) is 0 Å². The van der Waals surface area contributed by atoms with Crippen LogP contribution in [0.3, 0.4) is 0 Å². The second kappa shape index (κ2) is 5.41. The van der Waals surface area contributed by atoms with Crippen LogP contribution in [0.5, 0.6) is 0 Å². The molecule has 1 unspecified atom stereocenters. The molecule has 17 heavy (non-hydrogen) atoms. The predicted molar refractivity (Wildman–Crippen MR) is 73.8 cm³/mol. The third kappa shape index (κ3) is 2.55. The highest BCUT2D eigenvalue weighted by atomic mass is 15.0. The first-order valence-corrected chi connectivity index (χ1v) is 6.50. The summed E-state index contributed by atoms with van der Waals surface area (Å²) in [5, 5.41) is 6.66. The van der Waals surface area contributed by atoms with Crippen LogP contribution in [-0.4, -0.2) is 25.1 Å². The third-order valence-corrected chi connectivity index (χ3v) is 3.74. The van der Waals surface area contributed by atoms with Gasteiger partial charge in [0.1, 0.15) is 5.82 Å². The molecule has 2 heterocycles. The highest BCUT2D eigenvalue weighted by molar-refractivity contribution is 5.50. The number of H-pyrrole nitrogens is 1. The molecule has 1 saturated heterocycles. The van der Waals surface area contributed by atoms with Crippen LogP contribution in [0.25, 0.3) is 0 Å². The van der Waals surface area contributed by atoms with E-state index >= 15 is 0 Å². The molecule has 0 aliphatic carbocycles. The molecule has 0 aromatic carbocycles. The monoisotopic (exact) mass is 233 g/mol. The SMILES string of the molecule is C=CC(C)c1cc(C2CCNCC2)[nH]c1NC. The van der Waals surface area contributed by atoms with Crippen LogP contribution in [0.4, 0.5) is 5.82 Å². The Morgan fingerprint density at radius 2 is 2.18 bits per heavy atom. The van der Waals surface area contributed by atoms with Gasteiger partial charge >= 0.3 is 0 Å². The fraction of sp³-hybridized carbons (Fsp3) is 0.571. The van der Waals surface area contributed by atoms with Crippen molar-refractivity contribution in [2.75, 3.05) is 25.5 Å². The van der Waals surface area contributed by atoms with Gasteiger partial charge in [0.2, 0.25) is 0 Å². The lowest BCUT2D eigenvalue weighted by atomic mass is 9.93. The van der Waals surface area contributed by atoms with Crippen molar-refractivity contribution < 1.29 is 0 Å². The molecular formula is C14H23N3. The standard InChI is InChI=1S/C14H23N3/c1-4-10(2)12-9-13(17-14(12)15-3)11-5-7-16-8-6-11/h4,9-11,15-17H,1,5-8H2,2-3H3. The predicted octanol–water partition coefficient (Wildman–Crippen LogP) is 2.81. The average molecular weight is 233 g/mol. The van der Waals surface area contributed by atoms with Crippen LogP contribution < -0.4 is 10.6 Å². The van der Waals surface area contributed by atoms with E-state index in [1.807, 2.05) is 13.1 Å². The van der Waals surface area contributed by atoms with Gasteiger partial charge in [0.05, 0.1) is 0 Å². The van der Waals surface area contributed by atoms with Crippen molar-refractivity contribution in [2.45, 2.75) is 31.6 Å². The molecular weight excluding hydrogens is 210 g/mol. The summed E-state index contributed by atoms with van der Waals surface area (Å²) in [7, 11) is 1.97. The second-order valence-corrected chi connectivity index (χ2v) is 4.85. The molecule has 1 aliphatic rings. The minimum atomic E-state index is 0.393. The van der Waals surface area contributed by atoms with E-state index < -0.39 is 0 Å². The minimum Gasteiger partial charge on any atom is -0.374 e. The van der Waals surface area contributed by atoms with Crippen LogP contribution in [0.15, 0.2) is 18.7 Å². The number of anilines is 1. The molecule has 1 aromatic rings. The zero-order chi connectivity index (χ0) is 12.3. The zero-order valence-electron chi connectivity index (χ0n) is 10.8. The lowest BCUT2D eigenvalue weighted by molar-refractivity contribution is 0.454. The first-order valence-electron chi connectivity index (χ1n) is 6.50. The third-order valence-electron chi connectivity index (χ3n) is 3.74. The van der Waals surface area contributed by atoms with Crippen LogP contribution >= 0.6 is 0 Å². The Bertz CT molecular complexity index is 375. The Labute approximate surface area is 104 Å². The van der Waals surface area contributed by atoms with E-state index in [0.717, 1.165) is 18.9 Å². The number of nitrogens with one attached hydrogen (secondary N) is 3. The first kappa shape index (κ1) is 12.2. The van der Waals surface area contributed by atoms with Gasteiger partial charge in [-0.15, -0.1) is 6.58 Å². The number of aromatic amines is 1. The largest absolute Gasteiger partial charge is 0.374 e. The van der Waals surface area contributed by atoms with E-state index in [-0.39, 0.29) is 0 Å². The quantitative estimate of drug-likeness (QED) is 0.700. The minimum absolute atomic E-state index is 0.393. The Morgan fingerprint density at radius 1 is 1.47 bits per heavy atom. The summed E-state index contributed by atoms with van der Waals surface area (Å²) in [6.07, 6.45) is 4.45. The van der Waals surface area contributed by atoms with Crippen LogP contribution in [0.2, 0.25) is 0 Å². The van der Waals surface area contributed by atoms with E-state index in [1.165, 1.54) is 24.1 Å². The Balaban J connectivity index is 2.23. The van der Waals surface area contributed by atoms with Gasteiger partial charge in [-0.05, 0) is 32.0 Å². The highest BCUT2D eigenvalue weighted by Gasteiger charge is 2.19. The van der Waals surface area contributed by atoms with E-state index in [1.54, 1.807) is 0 Å². The van der Waals surface area contributed by atoms with Crippen molar-refractivity contribution in [1.82, 2.24) is 10.3 Å². The molecule has 1 atom stereocenters. The number of aromatic nitrogens is 1. The summed E-state index contributed by atoms with van der Waals surface area (Å²) in [6.45, 7) is 8.33. The van der Waals surface area contributed by atoms with Gasteiger partial charge in [0, 0.05) is 30.1 Å². The molecule has 3 heteroatoms. The summed E-state index contributed by atoms with van der Waals surface area (Å²) < 4.78 is 0. The summed E-state index contributed by atoms with van der Waals surface area (Å²) >= 11 is 0. The smallest absolute Gasteiger partial charge is 0.107 e. The van der Waals surface area contributed by atoms with Gasteiger partial charge < -0.3 is 15.6 Å². The number of piperidine rings is 1. The molecule has 1 aromatic heterocycles. The van der Waals surface area contributed by atoms with E-state index in [0.29, 0.717) is 11.8 Å². The topological polar surface area (TPSA) is 39.9 Å². The number of hydrogen-bond donors (Lipinski definition) is 3. The van der Waals surface area contributed by atoms with Gasteiger partial charge in [-0.25, -0.2) is 0 Å². The maximum Gasteiger partial charge on any atom is 0.107 e. The summed E-state index contributed by atoms with van der Waals surface area (Å²) in [6, 6.07) is 2.31. The molecule has 94 valence electrons. The number of hydrogen-bond acceptors (Lipinski definition) is 2. The molecule has 1 fully saturated rings. The van der Waals surface area contributed by atoms with Gasteiger partial charge in [-0.1, -0.05) is 13.0 Å². The lowest BCUT2D eigenvalue weighted by Gasteiger charge is -2.21. The molecule has 0 amide bonds. The molecule has 0 radical (unpaired) electrons. The van der Waals surface area contributed by atoms with Gasteiger partial charge in [-0.2, -0.15) is 0 Å².